The quantitative estimate of drug-likeness (QED) is 0.151. The fraction of sp³-hybridized carbons (Fsp3) is 0.391. The van der Waals surface area contributed by atoms with Crippen LogP contribution in [0, 0.1) is 24.2 Å². The number of carbonyl (C=O) groups is 2. The third-order valence-electron chi connectivity index (χ3n) is 13.3. The Labute approximate surface area is 341 Å². The number of carbonyl (C=O) groups excluding carboxylic acids is 1. The molecule has 12 heteroatoms. The van der Waals surface area contributed by atoms with Crippen molar-refractivity contribution < 1.29 is 28.6 Å². The number of carboxylic acid groups (broad SMARTS) is 1. The van der Waals surface area contributed by atoms with E-state index in [1.54, 1.807) is 7.11 Å². The Morgan fingerprint density at radius 3 is 2.59 bits per heavy atom. The van der Waals surface area contributed by atoms with E-state index >= 15 is 0 Å². The molecule has 1 spiro atoms. The van der Waals surface area contributed by atoms with Gasteiger partial charge >= 0.3 is 5.97 Å². The fourth-order valence-electron chi connectivity index (χ4n) is 10.5. The number of aliphatic carboxylic acids is 1. The van der Waals surface area contributed by atoms with Gasteiger partial charge in [0.05, 0.1) is 24.1 Å². The van der Waals surface area contributed by atoms with Crippen LogP contribution in [0.5, 0.6) is 11.8 Å². The van der Waals surface area contributed by atoms with Crippen LogP contribution in [0.3, 0.4) is 0 Å². The minimum atomic E-state index is -0.737. The van der Waals surface area contributed by atoms with E-state index < -0.39 is 5.97 Å². The maximum atomic E-state index is 11.8. The Morgan fingerprint density at radius 2 is 1.83 bits per heavy atom. The van der Waals surface area contributed by atoms with Crippen LogP contribution in [-0.2, 0) is 29.0 Å². The minimum absolute atomic E-state index is 0.104. The fourth-order valence-corrected chi connectivity index (χ4v) is 10.7. The third-order valence-corrected chi connectivity index (χ3v) is 13.6. The zero-order valence-corrected chi connectivity index (χ0v) is 33.3. The first-order valence-electron chi connectivity index (χ1n) is 20.2. The second-order valence-corrected chi connectivity index (χ2v) is 17.2. The van der Waals surface area contributed by atoms with Gasteiger partial charge in [0, 0.05) is 55.2 Å². The van der Waals surface area contributed by atoms with Crippen LogP contribution in [-0.4, -0.2) is 70.6 Å². The average molecular weight is 798 g/mol. The van der Waals surface area contributed by atoms with Gasteiger partial charge in [-0.25, -0.2) is 0 Å². The van der Waals surface area contributed by atoms with E-state index in [0.717, 1.165) is 102 Å². The molecule has 5 aromatic rings. The molecule has 3 fully saturated rings. The van der Waals surface area contributed by atoms with Gasteiger partial charge in [0.1, 0.15) is 23.0 Å². The highest BCUT2D eigenvalue weighted by atomic mass is 35.5. The molecule has 2 N–H and O–H groups in total. The molecular formula is C46H44ClN5O6. The molecule has 5 aliphatic rings. The minimum Gasteiger partial charge on any atom is -0.481 e. The molecule has 0 bridgehead atoms. The number of hydrogen-bond donors (Lipinski definition) is 2. The van der Waals surface area contributed by atoms with Gasteiger partial charge in [-0.15, -0.1) is 0 Å². The lowest BCUT2D eigenvalue weighted by atomic mass is 9.88. The smallest absolute Gasteiger partial charge is 0.307 e. The van der Waals surface area contributed by atoms with Crippen LogP contribution in [0.25, 0.3) is 33.4 Å². The van der Waals surface area contributed by atoms with Crippen LogP contribution in [0.1, 0.15) is 83.2 Å². The normalized spacial score (nSPS) is 22.2. The van der Waals surface area contributed by atoms with Gasteiger partial charge in [-0.1, -0.05) is 48.0 Å². The average Bonchev–Trinajstić information content (AvgIpc) is 4.05. The lowest BCUT2D eigenvalue weighted by molar-refractivity contribution is -0.141. The predicted molar refractivity (Wildman–Crippen MR) is 218 cm³/mol. The van der Waals surface area contributed by atoms with E-state index in [1.165, 1.54) is 5.56 Å². The molecule has 296 valence electrons. The molecule has 1 amide bonds. The van der Waals surface area contributed by atoms with Crippen molar-refractivity contribution in [3.8, 4) is 40.3 Å². The second-order valence-electron chi connectivity index (χ2n) is 16.7. The highest BCUT2D eigenvalue weighted by Gasteiger charge is 2.47. The molecule has 58 heavy (non-hydrogen) atoms. The van der Waals surface area contributed by atoms with Crippen molar-refractivity contribution in [3.63, 3.8) is 0 Å². The number of hydrogen-bond acceptors (Lipinski definition) is 9. The van der Waals surface area contributed by atoms with Crippen molar-refractivity contribution in [2.75, 3.05) is 33.3 Å². The molecule has 5 heterocycles. The summed E-state index contributed by atoms with van der Waals surface area (Å²) in [6.45, 7) is 5.61. The largest absolute Gasteiger partial charge is 0.481 e. The molecule has 0 radical (unpaired) electrons. The summed E-state index contributed by atoms with van der Waals surface area (Å²) in [5.41, 5.74) is 10.7. The summed E-state index contributed by atoms with van der Waals surface area (Å²) in [4.78, 5) is 32.8. The number of fused-ring (bicyclic) bond motifs is 3. The molecule has 0 saturated carbocycles. The number of halogens is 1. The standard InChI is InChI=1S/C46H44ClN5O6/c1-25-29(5-3-6-30(25)40-19-27-17-35-33(36(20-48)42(27)57-40)9-11-38(35)52-16-14-26(22-52)45(54)55)31-7-4-8-34-32(31)10-12-39(34)58-44-37(47)18-28(43(49-44)56-2)21-51-23-46(24-51)15-13-41(53)50-46/h3-8,17-19,26,38-39H,9-16,21-24H2,1-2H3,(H,50,53)(H,54,55)/t26-,38-,39+/m1/s1. The monoisotopic (exact) mass is 797 g/mol. The summed E-state index contributed by atoms with van der Waals surface area (Å²) in [6, 6.07) is 21.3. The van der Waals surface area contributed by atoms with Gasteiger partial charge < -0.3 is 24.3 Å². The van der Waals surface area contributed by atoms with Gasteiger partial charge in [-0.2, -0.15) is 10.2 Å². The first-order chi connectivity index (χ1) is 28.1. The lowest BCUT2D eigenvalue weighted by Crippen LogP contribution is -2.66. The molecule has 11 nitrogen and oxygen atoms in total. The van der Waals surface area contributed by atoms with Crippen molar-refractivity contribution in [2.45, 2.75) is 76.1 Å². The van der Waals surface area contributed by atoms with E-state index in [-0.39, 0.29) is 29.5 Å². The number of nitrogens with zero attached hydrogens (tertiary/aromatic N) is 4. The van der Waals surface area contributed by atoms with Crippen LogP contribution >= 0.6 is 11.6 Å². The van der Waals surface area contributed by atoms with Crippen molar-refractivity contribution >= 4 is 34.4 Å². The van der Waals surface area contributed by atoms with E-state index in [9.17, 15) is 20.0 Å². The Balaban J connectivity index is 0.905. The van der Waals surface area contributed by atoms with Gasteiger partial charge in [0.25, 0.3) is 0 Å². The van der Waals surface area contributed by atoms with Crippen LogP contribution in [0.2, 0.25) is 5.02 Å². The second kappa shape index (κ2) is 14.2. The molecule has 10 rings (SSSR count). The number of nitriles is 1. The maximum absolute atomic E-state index is 11.8. The molecule has 3 aromatic carbocycles. The number of likely N-dealkylation sites (tertiary alicyclic amines) is 2. The summed E-state index contributed by atoms with van der Waals surface area (Å²) in [5, 5.41) is 24.5. The number of pyridine rings is 1. The summed E-state index contributed by atoms with van der Waals surface area (Å²) < 4.78 is 18.9. The first kappa shape index (κ1) is 36.9. The Kier molecular flexibility index (Phi) is 9.00. The molecule has 0 unspecified atom stereocenters. The van der Waals surface area contributed by atoms with Crippen molar-refractivity contribution in [1.29, 1.82) is 5.26 Å². The van der Waals surface area contributed by atoms with Crippen molar-refractivity contribution in [2.24, 2.45) is 5.92 Å². The first-order valence-corrected chi connectivity index (χ1v) is 20.6. The van der Waals surface area contributed by atoms with Gasteiger partial charge in [0.2, 0.25) is 17.7 Å². The van der Waals surface area contributed by atoms with E-state index in [2.05, 4.69) is 70.6 Å². The van der Waals surface area contributed by atoms with Crippen LogP contribution in [0.15, 0.2) is 59.0 Å². The number of nitrogens with one attached hydrogen (secondary N) is 1. The molecule has 3 atom stereocenters. The molecule has 3 saturated heterocycles. The van der Waals surface area contributed by atoms with Gasteiger partial charge in [-0.05, 0) is 109 Å². The predicted octanol–water partition coefficient (Wildman–Crippen LogP) is 7.93. The third kappa shape index (κ3) is 6.12. The van der Waals surface area contributed by atoms with E-state index in [0.29, 0.717) is 59.6 Å². The van der Waals surface area contributed by atoms with Gasteiger partial charge in [-0.3, -0.25) is 19.4 Å². The highest BCUT2D eigenvalue weighted by molar-refractivity contribution is 6.31. The van der Waals surface area contributed by atoms with E-state index in [4.69, 9.17) is 30.5 Å². The zero-order valence-electron chi connectivity index (χ0n) is 32.6. The number of carboxylic acids is 1. The Hall–Kier alpha value is -5.41. The number of amides is 1. The van der Waals surface area contributed by atoms with Crippen molar-refractivity contribution in [3.05, 3.63) is 98.6 Å². The topological polar surface area (TPSA) is 141 Å². The molecule has 3 aliphatic heterocycles. The maximum Gasteiger partial charge on any atom is 0.307 e. The number of methoxy groups -OCH3 is 1. The number of benzene rings is 3. The Bertz CT molecular complexity index is 2570. The summed E-state index contributed by atoms with van der Waals surface area (Å²) in [7, 11) is 1.61. The van der Waals surface area contributed by atoms with Gasteiger partial charge in [0.15, 0.2) is 5.58 Å². The summed E-state index contributed by atoms with van der Waals surface area (Å²) in [5.74, 6) is 0.577. The Morgan fingerprint density at radius 1 is 1.03 bits per heavy atom. The van der Waals surface area contributed by atoms with Crippen LogP contribution < -0.4 is 14.8 Å². The summed E-state index contributed by atoms with van der Waals surface area (Å²) in [6.07, 6.45) is 5.11. The molecule has 2 aromatic heterocycles. The number of furan rings is 1. The van der Waals surface area contributed by atoms with Crippen molar-refractivity contribution in [1.82, 2.24) is 20.1 Å². The van der Waals surface area contributed by atoms with E-state index in [1.807, 2.05) is 12.1 Å². The van der Waals surface area contributed by atoms with Crippen LogP contribution in [0.4, 0.5) is 0 Å². The highest BCUT2D eigenvalue weighted by Crippen LogP contribution is 2.47. The number of rotatable bonds is 9. The SMILES string of the molecule is COc1nc(O[C@H]2CCc3c(-c4cccc(-c5cc6cc7c(c(C#N)c6o5)CC[C@H]7N5CC[C@@H](C(=O)O)C5)c4C)cccc32)c(Cl)cc1CN1CC2(CCC(=O)N2)C1. The molecular weight excluding hydrogens is 754 g/mol. The lowest BCUT2D eigenvalue weighted by Gasteiger charge is -2.48. The number of aromatic nitrogens is 1. The zero-order chi connectivity index (χ0) is 39.9. The molecule has 2 aliphatic carbocycles. The summed E-state index contributed by atoms with van der Waals surface area (Å²) >= 11 is 6.83. The number of ether oxygens (including phenoxy) is 2.